The predicted molar refractivity (Wildman–Crippen MR) is 141 cm³/mol. The van der Waals surface area contributed by atoms with Crippen LogP contribution in [0.25, 0.3) is 0 Å². The van der Waals surface area contributed by atoms with Crippen molar-refractivity contribution in [3.8, 4) is 5.75 Å². The zero-order valence-corrected chi connectivity index (χ0v) is 22.0. The molecule has 1 saturated heterocycles. The molecule has 2 aliphatic carbocycles. The molecule has 0 atom stereocenters. The molecule has 0 spiro atoms. The van der Waals surface area contributed by atoms with Gasteiger partial charge in [0.15, 0.2) is 0 Å². The number of hydrogen-bond donors (Lipinski definition) is 1. The number of piperidine rings is 1. The van der Waals surface area contributed by atoms with Gasteiger partial charge in [-0.2, -0.15) is 0 Å². The molecule has 1 N–H and O–H groups in total. The Morgan fingerprint density at radius 1 is 1.03 bits per heavy atom. The Kier molecular flexibility index (Phi) is 8.12. The van der Waals surface area contributed by atoms with Crippen LogP contribution in [0.1, 0.15) is 72.3 Å². The molecule has 4 nitrogen and oxygen atoms in total. The predicted octanol–water partition coefficient (Wildman–Crippen LogP) is 7.23. The molecule has 35 heavy (non-hydrogen) atoms. The molecule has 5 rings (SSSR count). The van der Waals surface area contributed by atoms with Gasteiger partial charge in [0.05, 0.1) is 12.2 Å². The number of benzene rings is 2. The van der Waals surface area contributed by atoms with Crippen molar-refractivity contribution in [2.75, 3.05) is 19.7 Å². The maximum Gasteiger partial charge on any atom is 0.264 e. The van der Waals surface area contributed by atoms with E-state index in [1.807, 2.05) is 12.1 Å². The number of nitrogens with one attached hydrogen (secondary N) is 1. The fourth-order valence-corrected chi connectivity index (χ4v) is 6.02. The summed E-state index contributed by atoms with van der Waals surface area (Å²) in [5.74, 6) is 0.712. The molecule has 188 valence electrons. The quantitative estimate of drug-likeness (QED) is 0.325. The van der Waals surface area contributed by atoms with Crippen molar-refractivity contribution in [2.45, 2.75) is 62.7 Å². The second-order valence-electron chi connectivity index (χ2n) is 10.0. The molecule has 1 aliphatic heterocycles. The Morgan fingerprint density at radius 3 is 2.40 bits per heavy atom. The highest BCUT2D eigenvalue weighted by Gasteiger charge is 2.30. The normalized spacial score (nSPS) is 19.1. The fraction of sp³-hybridized carbons (Fsp3) is 0.519. The van der Waals surface area contributed by atoms with E-state index in [0.717, 1.165) is 75.7 Å². The number of rotatable bonds is 10. The van der Waals surface area contributed by atoms with Gasteiger partial charge in [-0.15, -0.1) is 0 Å². The summed E-state index contributed by atoms with van der Waals surface area (Å²) in [6.07, 6.45) is 7.53. The summed E-state index contributed by atoms with van der Waals surface area (Å²) >= 11 is 13.7. The van der Waals surface area contributed by atoms with Crippen LogP contribution >= 0.6 is 35.1 Å². The molecule has 0 unspecified atom stereocenters. The van der Waals surface area contributed by atoms with Crippen LogP contribution in [0.2, 0.25) is 10.0 Å². The highest BCUT2D eigenvalue weighted by molar-refractivity contribution is 7.98. The molecule has 0 radical (unpaired) electrons. The lowest BCUT2D eigenvalue weighted by molar-refractivity contribution is 0.0980. The Balaban J connectivity index is 1.11. The van der Waals surface area contributed by atoms with Crippen LogP contribution < -0.4 is 9.46 Å². The van der Waals surface area contributed by atoms with Crippen LogP contribution in [0.15, 0.2) is 30.3 Å². The minimum atomic E-state index is -0.507. The molecule has 3 fully saturated rings. The number of amides is 1. The average molecular weight is 538 g/mol. The molecular formula is C27H31Cl2FN2O2S. The zero-order chi connectivity index (χ0) is 24.4. The lowest BCUT2D eigenvalue weighted by Crippen LogP contribution is -2.33. The molecule has 8 heteroatoms. The van der Waals surface area contributed by atoms with Crippen molar-refractivity contribution < 1.29 is 13.9 Å². The van der Waals surface area contributed by atoms with Crippen molar-refractivity contribution in [1.82, 2.24) is 9.62 Å². The lowest BCUT2D eigenvalue weighted by atomic mass is 9.93. The minimum absolute atomic E-state index is 0.126. The van der Waals surface area contributed by atoms with E-state index in [-0.39, 0.29) is 11.5 Å². The minimum Gasteiger partial charge on any atom is -0.493 e. The van der Waals surface area contributed by atoms with Crippen molar-refractivity contribution >= 4 is 41.1 Å². The van der Waals surface area contributed by atoms with Crippen LogP contribution in [0.5, 0.6) is 5.75 Å². The topological polar surface area (TPSA) is 41.6 Å². The number of likely N-dealkylation sites (tertiary alicyclic amines) is 1. The van der Waals surface area contributed by atoms with E-state index in [1.54, 1.807) is 12.1 Å². The third kappa shape index (κ3) is 7.06. The number of halogens is 3. The van der Waals surface area contributed by atoms with Crippen molar-refractivity contribution in [2.24, 2.45) is 5.92 Å². The summed E-state index contributed by atoms with van der Waals surface area (Å²) in [6, 6.07) is 8.85. The second-order valence-corrected chi connectivity index (χ2v) is 12.0. The van der Waals surface area contributed by atoms with Crippen molar-refractivity contribution in [1.29, 1.82) is 0 Å². The average Bonchev–Trinajstić information content (AvgIpc) is 3.73. The second kappa shape index (κ2) is 11.3. The Bertz CT molecular complexity index is 1050. The van der Waals surface area contributed by atoms with Gasteiger partial charge in [-0.3, -0.25) is 14.4 Å². The molecule has 2 aromatic rings. The fourth-order valence-electron chi connectivity index (χ4n) is 4.69. The molecule has 1 amide bonds. The number of carbonyl (C=O) groups excluding carboxylic acids is 1. The lowest BCUT2D eigenvalue weighted by Gasteiger charge is -2.32. The smallest absolute Gasteiger partial charge is 0.264 e. The summed E-state index contributed by atoms with van der Waals surface area (Å²) < 4.78 is 23.7. The van der Waals surface area contributed by atoms with E-state index in [2.05, 4.69) is 9.62 Å². The van der Waals surface area contributed by atoms with Crippen molar-refractivity contribution in [3.05, 3.63) is 62.9 Å². The van der Waals surface area contributed by atoms with Crippen LogP contribution in [0.3, 0.4) is 0 Å². The summed E-state index contributed by atoms with van der Waals surface area (Å²) in [6.45, 7) is 3.47. The number of nitrogens with zero attached hydrogens (tertiary/aromatic N) is 1. The van der Waals surface area contributed by atoms with Gasteiger partial charge in [-0.25, -0.2) is 4.39 Å². The van der Waals surface area contributed by atoms with Gasteiger partial charge in [-0.05, 0) is 117 Å². The van der Waals surface area contributed by atoms with Crippen LogP contribution in [0, 0.1) is 11.7 Å². The monoisotopic (exact) mass is 536 g/mol. The SMILES string of the molecule is O=C(NSC1CC1)c1cc(C2CC2)c(OCCC2CCN(Cc3cc(Cl)cc(Cl)c3)CC2)cc1F. The summed E-state index contributed by atoms with van der Waals surface area (Å²) in [5, 5.41) is 1.83. The highest BCUT2D eigenvalue weighted by atomic mass is 35.5. The molecule has 0 aromatic heterocycles. The van der Waals surface area contributed by atoms with Crippen LogP contribution in [-0.2, 0) is 6.54 Å². The van der Waals surface area contributed by atoms with Crippen LogP contribution in [-0.4, -0.2) is 35.8 Å². The molecule has 2 aromatic carbocycles. The van der Waals surface area contributed by atoms with Gasteiger partial charge in [-0.1, -0.05) is 23.2 Å². The Hall–Kier alpha value is -1.47. The van der Waals surface area contributed by atoms with E-state index in [0.29, 0.717) is 39.5 Å². The standard InChI is InChI=1S/C27H31Cl2FN2O2S/c28-20-11-18(12-21(29)13-20)16-32-8-5-17(6-9-32)7-10-34-26-15-25(30)24(14-23(26)19-1-2-19)27(33)31-35-22-3-4-22/h11-15,17,19,22H,1-10,16H2,(H,31,33). The van der Waals surface area contributed by atoms with Gasteiger partial charge in [0.1, 0.15) is 11.6 Å². The maximum atomic E-state index is 14.8. The third-order valence-corrected chi connectivity index (χ3v) is 8.57. The largest absolute Gasteiger partial charge is 0.493 e. The van der Waals surface area contributed by atoms with Gasteiger partial charge in [0, 0.05) is 27.9 Å². The van der Waals surface area contributed by atoms with Gasteiger partial charge in [0.2, 0.25) is 0 Å². The first-order chi connectivity index (χ1) is 16.9. The Morgan fingerprint density at radius 2 is 1.74 bits per heavy atom. The van der Waals surface area contributed by atoms with E-state index in [4.69, 9.17) is 27.9 Å². The molecule has 1 heterocycles. The Labute approximate surface area is 221 Å². The zero-order valence-electron chi connectivity index (χ0n) is 19.7. The van der Waals surface area contributed by atoms with E-state index < -0.39 is 5.82 Å². The molecule has 0 bridgehead atoms. The highest BCUT2D eigenvalue weighted by Crippen LogP contribution is 2.45. The number of hydrogen-bond acceptors (Lipinski definition) is 4. The molecular weight excluding hydrogens is 506 g/mol. The van der Waals surface area contributed by atoms with E-state index >= 15 is 0 Å². The molecule has 3 aliphatic rings. The van der Waals surface area contributed by atoms with Gasteiger partial charge >= 0.3 is 0 Å². The summed E-state index contributed by atoms with van der Waals surface area (Å²) in [4.78, 5) is 14.9. The van der Waals surface area contributed by atoms with Gasteiger partial charge < -0.3 is 4.74 Å². The number of ether oxygens (including phenoxy) is 1. The summed E-state index contributed by atoms with van der Waals surface area (Å²) in [7, 11) is 0. The summed E-state index contributed by atoms with van der Waals surface area (Å²) in [5.41, 5.74) is 2.24. The molecule has 2 saturated carbocycles. The third-order valence-electron chi connectivity index (χ3n) is 7.02. The van der Waals surface area contributed by atoms with Gasteiger partial charge in [0.25, 0.3) is 5.91 Å². The van der Waals surface area contributed by atoms with E-state index in [9.17, 15) is 9.18 Å². The van der Waals surface area contributed by atoms with Crippen LogP contribution in [0.4, 0.5) is 4.39 Å². The first kappa shape index (κ1) is 25.2. The first-order valence-corrected chi connectivity index (χ1v) is 14.2. The number of carbonyl (C=O) groups is 1. The van der Waals surface area contributed by atoms with Crippen molar-refractivity contribution in [3.63, 3.8) is 0 Å². The first-order valence-electron chi connectivity index (χ1n) is 12.5. The van der Waals surface area contributed by atoms with E-state index in [1.165, 1.54) is 18.0 Å². The maximum absolute atomic E-state index is 14.8.